The monoisotopic (exact) mass is 208 g/mol. The van der Waals surface area contributed by atoms with Crippen LogP contribution in [0.4, 0.5) is 5.69 Å². The summed E-state index contributed by atoms with van der Waals surface area (Å²) in [4.78, 5) is 2.31. The number of benzene rings is 1. The number of anilines is 1. The van der Waals surface area contributed by atoms with Gasteiger partial charge in [0.05, 0.1) is 0 Å². The summed E-state index contributed by atoms with van der Waals surface area (Å²) in [5.41, 5.74) is 1.30. The van der Waals surface area contributed by atoms with Crippen LogP contribution in [0.1, 0.15) is 0 Å². The quantitative estimate of drug-likeness (QED) is 0.815. The molecule has 1 unspecified atom stereocenters. The fourth-order valence-corrected chi connectivity index (χ4v) is 2.65. The Morgan fingerprint density at radius 2 is 2.21 bits per heavy atom. The number of hydrogen-bond acceptors (Lipinski definition) is 3. The molecule has 2 rings (SSSR count). The summed E-state index contributed by atoms with van der Waals surface area (Å²) in [6.45, 7) is 1.09. The molecule has 1 aromatic carbocycles. The number of nitrogens with one attached hydrogen (secondary N) is 1. The molecule has 1 fully saturated rings. The van der Waals surface area contributed by atoms with Crippen molar-refractivity contribution in [1.82, 2.24) is 5.32 Å². The minimum atomic E-state index is 0.644. The van der Waals surface area contributed by atoms with Crippen LogP contribution in [-0.4, -0.2) is 31.3 Å². The highest BCUT2D eigenvalue weighted by Crippen LogP contribution is 2.15. The minimum Gasteiger partial charge on any atom is -0.373 e. The van der Waals surface area contributed by atoms with Crippen molar-refractivity contribution in [3.05, 3.63) is 30.3 Å². The van der Waals surface area contributed by atoms with Gasteiger partial charge in [-0.1, -0.05) is 18.2 Å². The molecule has 1 atom stereocenters. The lowest BCUT2D eigenvalue weighted by atomic mass is 10.2. The molecule has 0 saturated carbocycles. The molecule has 0 aromatic heterocycles. The van der Waals surface area contributed by atoms with Crippen molar-refractivity contribution in [1.29, 1.82) is 0 Å². The highest BCUT2D eigenvalue weighted by molar-refractivity contribution is 7.99. The van der Waals surface area contributed by atoms with Crippen LogP contribution < -0.4 is 10.2 Å². The van der Waals surface area contributed by atoms with Crippen molar-refractivity contribution in [3.8, 4) is 0 Å². The maximum atomic E-state index is 3.48. The third-order valence-corrected chi connectivity index (χ3v) is 3.49. The van der Waals surface area contributed by atoms with Gasteiger partial charge in [0.2, 0.25) is 0 Å². The van der Waals surface area contributed by atoms with Gasteiger partial charge in [-0.15, -0.1) is 11.8 Å². The van der Waals surface area contributed by atoms with Gasteiger partial charge in [0, 0.05) is 37.0 Å². The van der Waals surface area contributed by atoms with E-state index in [2.05, 4.69) is 47.6 Å². The van der Waals surface area contributed by atoms with Gasteiger partial charge in [0.1, 0.15) is 0 Å². The average molecular weight is 208 g/mol. The largest absolute Gasteiger partial charge is 0.373 e. The van der Waals surface area contributed by atoms with E-state index in [1.807, 2.05) is 11.8 Å². The first-order valence-electron chi connectivity index (χ1n) is 4.93. The molecule has 0 spiro atoms. The van der Waals surface area contributed by atoms with Crippen LogP contribution in [0.3, 0.4) is 0 Å². The Balaban J connectivity index is 1.92. The standard InChI is InChI=1S/C11H16N2S/c1-13(7-10-8-14-9-12-10)11-5-3-2-4-6-11/h2-6,10,12H,7-9H2,1H3. The second kappa shape index (κ2) is 4.71. The zero-order valence-corrected chi connectivity index (χ0v) is 9.26. The molecule has 1 saturated heterocycles. The van der Waals surface area contributed by atoms with Crippen LogP contribution in [-0.2, 0) is 0 Å². The molecule has 0 aliphatic carbocycles. The van der Waals surface area contributed by atoms with E-state index in [1.54, 1.807) is 0 Å². The molecular formula is C11H16N2S. The maximum Gasteiger partial charge on any atom is 0.0421 e. The summed E-state index contributed by atoms with van der Waals surface area (Å²) < 4.78 is 0. The van der Waals surface area contributed by atoms with E-state index in [-0.39, 0.29) is 0 Å². The summed E-state index contributed by atoms with van der Waals surface area (Å²) in [7, 11) is 2.15. The Morgan fingerprint density at radius 3 is 2.86 bits per heavy atom. The van der Waals surface area contributed by atoms with Crippen molar-refractivity contribution in [2.75, 3.05) is 30.1 Å². The normalized spacial score (nSPS) is 21.1. The molecule has 2 nitrogen and oxygen atoms in total. The average Bonchev–Trinajstić information content (AvgIpc) is 2.72. The fraction of sp³-hybridized carbons (Fsp3) is 0.455. The summed E-state index contributed by atoms with van der Waals surface area (Å²) in [5, 5.41) is 3.48. The number of thioether (sulfide) groups is 1. The number of nitrogens with zero attached hydrogens (tertiary/aromatic N) is 1. The van der Waals surface area contributed by atoms with Crippen LogP contribution in [0.5, 0.6) is 0 Å². The molecule has 1 aliphatic heterocycles. The molecule has 1 aromatic rings. The van der Waals surface area contributed by atoms with Crippen LogP contribution in [0, 0.1) is 0 Å². The van der Waals surface area contributed by atoms with Crippen molar-refractivity contribution >= 4 is 17.4 Å². The van der Waals surface area contributed by atoms with E-state index < -0.39 is 0 Å². The van der Waals surface area contributed by atoms with Crippen molar-refractivity contribution in [3.63, 3.8) is 0 Å². The van der Waals surface area contributed by atoms with Gasteiger partial charge >= 0.3 is 0 Å². The molecule has 1 N–H and O–H groups in total. The van der Waals surface area contributed by atoms with Crippen molar-refractivity contribution in [2.45, 2.75) is 6.04 Å². The molecule has 1 heterocycles. The number of rotatable bonds is 3. The van der Waals surface area contributed by atoms with E-state index in [1.165, 1.54) is 11.4 Å². The SMILES string of the molecule is CN(CC1CSCN1)c1ccccc1. The van der Waals surface area contributed by atoms with Gasteiger partial charge in [-0.2, -0.15) is 0 Å². The van der Waals surface area contributed by atoms with Gasteiger partial charge in [0.15, 0.2) is 0 Å². The second-order valence-corrected chi connectivity index (χ2v) is 4.66. The van der Waals surface area contributed by atoms with E-state index in [9.17, 15) is 0 Å². The number of likely N-dealkylation sites (N-methyl/N-ethyl adjacent to an activating group) is 1. The van der Waals surface area contributed by atoms with Crippen LogP contribution in [0.2, 0.25) is 0 Å². The van der Waals surface area contributed by atoms with Crippen LogP contribution >= 0.6 is 11.8 Å². The minimum absolute atomic E-state index is 0.644. The third-order valence-electron chi connectivity index (χ3n) is 2.48. The number of para-hydroxylation sites is 1. The van der Waals surface area contributed by atoms with Gasteiger partial charge in [0.25, 0.3) is 0 Å². The van der Waals surface area contributed by atoms with Crippen LogP contribution in [0.15, 0.2) is 30.3 Å². The van der Waals surface area contributed by atoms with E-state index >= 15 is 0 Å². The first-order valence-corrected chi connectivity index (χ1v) is 6.09. The molecule has 14 heavy (non-hydrogen) atoms. The van der Waals surface area contributed by atoms with E-state index in [0.717, 1.165) is 12.4 Å². The molecule has 0 radical (unpaired) electrons. The van der Waals surface area contributed by atoms with Crippen LogP contribution in [0.25, 0.3) is 0 Å². The molecule has 3 heteroatoms. The highest BCUT2D eigenvalue weighted by atomic mass is 32.2. The smallest absolute Gasteiger partial charge is 0.0421 e. The predicted octanol–water partition coefficient (Wildman–Crippen LogP) is 1.79. The lowest BCUT2D eigenvalue weighted by Crippen LogP contribution is -2.36. The molecule has 76 valence electrons. The molecule has 1 aliphatic rings. The predicted molar refractivity (Wildman–Crippen MR) is 64.0 cm³/mol. The zero-order valence-electron chi connectivity index (χ0n) is 8.44. The Bertz CT molecular complexity index is 270. The zero-order chi connectivity index (χ0) is 9.80. The highest BCUT2D eigenvalue weighted by Gasteiger charge is 2.16. The lowest BCUT2D eigenvalue weighted by Gasteiger charge is -2.22. The Kier molecular flexibility index (Phi) is 3.32. The molecule has 0 amide bonds. The van der Waals surface area contributed by atoms with Gasteiger partial charge < -0.3 is 10.2 Å². The lowest BCUT2D eigenvalue weighted by molar-refractivity contribution is 0.625. The summed E-state index contributed by atoms with van der Waals surface area (Å²) in [6, 6.07) is 11.2. The molecule has 0 bridgehead atoms. The summed E-state index contributed by atoms with van der Waals surface area (Å²) >= 11 is 1.98. The van der Waals surface area contributed by atoms with Crippen molar-refractivity contribution in [2.24, 2.45) is 0 Å². The summed E-state index contributed by atoms with van der Waals surface area (Å²) in [6.07, 6.45) is 0. The molecular weight excluding hydrogens is 192 g/mol. The second-order valence-electron chi connectivity index (χ2n) is 3.63. The fourth-order valence-electron chi connectivity index (χ4n) is 1.67. The Hall–Kier alpha value is -0.670. The summed E-state index contributed by atoms with van der Waals surface area (Å²) in [5.74, 6) is 2.34. The first-order chi connectivity index (χ1) is 6.86. The Labute approximate surface area is 89.7 Å². The topological polar surface area (TPSA) is 15.3 Å². The third kappa shape index (κ3) is 2.42. The Morgan fingerprint density at radius 1 is 1.43 bits per heavy atom. The first kappa shape index (κ1) is 9.87. The van der Waals surface area contributed by atoms with Gasteiger partial charge in [-0.05, 0) is 12.1 Å². The number of hydrogen-bond donors (Lipinski definition) is 1. The van der Waals surface area contributed by atoms with E-state index in [0.29, 0.717) is 6.04 Å². The van der Waals surface area contributed by atoms with Crippen molar-refractivity contribution < 1.29 is 0 Å². The van der Waals surface area contributed by atoms with Gasteiger partial charge in [-0.25, -0.2) is 0 Å². The maximum absolute atomic E-state index is 3.48. The van der Waals surface area contributed by atoms with E-state index in [4.69, 9.17) is 0 Å². The van der Waals surface area contributed by atoms with Gasteiger partial charge in [-0.3, -0.25) is 0 Å².